The maximum Gasteiger partial charge on any atom is 0.224 e. The van der Waals surface area contributed by atoms with E-state index in [0.717, 1.165) is 0 Å². The Labute approximate surface area is 99.4 Å². The molecule has 0 unspecified atom stereocenters. The molecule has 1 heterocycles. The Kier molecular flexibility index (Phi) is 3.00. The van der Waals surface area contributed by atoms with Crippen LogP contribution in [0.4, 0.5) is 10.2 Å². The summed E-state index contributed by atoms with van der Waals surface area (Å²) >= 11 is 3.06. The zero-order valence-electron chi connectivity index (χ0n) is 8.02. The van der Waals surface area contributed by atoms with Crippen LogP contribution in [0.5, 0.6) is 11.6 Å². The summed E-state index contributed by atoms with van der Waals surface area (Å²) in [6.07, 6.45) is 1.29. The second-order valence-electron chi connectivity index (χ2n) is 2.96. The Morgan fingerprint density at radius 1 is 1.25 bits per heavy atom. The molecule has 0 radical (unpaired) electrons. The van der Waals surface area contributed by atoms with E-state index in [2.05, 4.69) is 25.9 Å². The molecule has 2 N–H and O–H groups in total. The molecule has 0 fully saturated rings. The van der Waals surface area contributed by atoms with Crippen molar-refractivity contribution in [1.82, 2.24) is 9.97 Å². The molecule has 82 valence electrons. The van der Waals surface area contributed by atoms with Crippen LogP contribution in [0.2, 0.25) is 0 Å². The van der Waals surface area contributed by atoms with Gasteiger partial charge >= 0.3 is 0 Å². The highest BCUT2D eigenvalue weighted by Gasteiger charge is 2.03. The lowest BCUT2D eigenvalue weighted by molar-refractivity contribution is 0.459. The van der Waals surface area contributed by atoms with E-state index in [9.17, 15) is 4.39 Å². The van der Waals surface area contributed by atoms with E-state index in [4.69, 9.17) is 10.5 Å². The first kappa shape index (κ1) is 10.8. The first-order chi connectivity index (χ1) is 7.65. The zero-order chi connectivity index (χ0) is 11.5. The molecule has 0 bridgehead atoms. The Hall–Kier alpha value is -1.69. The molecular weight excluding hydrogens is 277 g/mol. The number of rotatable bonds is 2. The van der Waals surface area contributed by atoms with Crippen LogP contribution < -0.4 is 10.5 Å². The van der Waals surface area contributed by atoms with Gasteiger partial charge in [0.1, 0.15) is 23.7 Å². The van der Waals surface area contributed by atoms with Gasteiger partial charge in [-0.1, -0.05) is 0 Å². The summed E-state index contributed by atoms with van der Waals surface area (Å²) < 4.78 is 18.6. The number of nitrogen functional groups attached to an aromatic ring is 1. The van der Waals surface area contributed by atoms with Gasteiger partial charge < -0.3 is 10.5 Å². The van der Waals surface area contributed by atoms with Gasteiger partial charge in [0.25, 0.3) is 0 Å². The van der Waals surface area contributed by atoms with Gasteiger partial charge in [0.15, 0.2) is 0 Å². The average Bonchev–Trinajstić information content (AvgIpc) is 2.24. The first-order valence-corrected chi connectivity index (χ1v) is 5.15. The quantitative estimate of drug-likeness (QED) is 0.921. The Balaban J connectivity index is 2.24. The SMILES string of the molecule is Nc1cc(Oc2ccc(F)c(Br)c2)ncn1. The summed E-state index contributed by atoms with van der Waals surface area (Å²) in [5, 5.41) is 0. The number of benzene rings is 1. The van der Waals surface area contributed by atoms with E-state index < -0.39 is 0 Å². The molecule has 1 aromatic carbocycles. The van der Waals surface area contributed by atoms with Crippen molar-refractivity contribution in [3.8, 4) is 11.6 Å². The standard InChI is InChI=1S/C10H7BrFN3O/c11-7-3-6(1-2-8(7)12)16-10-4-9(13)14-5-15-10/h1-5H,(H2,13,14,15). The Morgan fingerprint density at radius 2 is 2.06 bits per heavy atom. The predicted octanol–water partition coefficient (Wildman–Crippen LogP) is 2.75. The fourth-order valence-corrected chi connectivity index (χ4v) is 1.43. The molecule has 0 atom stereocenters. The molecule has 4 nitrogen and oxygen atoms in total. The summed E-state index contributed by atoms with van der Waals surface area (Å²) in [6.45, 7) is 0. The van der Waals surface area contributed by atoms with E-state index in [1.54, 1.807) is 0 Å². The van der Waals surface area contributed by atoms with Crippen molar-refractivity contribution in [1.29, 1.82) is 0 Å². The van der Waals surface area contributed by atoms with Gasteiger partial charge in [0, 0.05) is 6.07 Å². The Bertz CT molecular complexity index is 521. The molecule has 2 aromatic rings. The molecule has 0 amide bonds. The van der Waals surface area contributed by atoms with Gasteiger partial charge in [-0.2, -0.15) is 0 Å². The molecule has 0 aliphatic rings. The van der Waals surface area contributed by atoms with Gasteiger partial charge in [-0.15, -0.1) is 0 Å². The topological polar surface area (TPSA) is 61.0 Å². The number of hydrogen-bond acceptors (Lipinski definition) is 4. The highest BCUT2D eigenvalue weighted by molar-refractivity contribution is 9.10. The van der Waals surface area contributed by atoms with Crippen molar-refractivity contribution >= 4 is 21.7 Å². The van der Waals surface area contributed by atoms with Crippen molar-refractivity contribution in [3.05, 3.63) is 40.9 Å². The summed E-state index contributed by atoms with van der Waals surface area (Å²) in [5.41, 5.74) is 5.47. The first-order valence-electron chi connectivity index (χ1n) is 4.35. The van der Waals surface area contributed by atoms with Crippen LogP contribution in [0, 0.1) is 5.82 Å². The summed E-state index contributed by atoms with van der Waals surface area (Å²) in [5.74, 6) is 0.734. The largest absolute Gasteiger partial charge is 0.439 e. The highest BCUT2D eigenvalue weighted by atomic mass is 79.9. The number of nitrogens with zero attached hydrogens (tertiary/aromatic N) is 2. The molecular formula is C10H7BrFN3O. The van der Waals surface area contributed by atoms with Gasteiger partial charge in [0.2, 0.25) is 5.88 Å². The Morgan fingerprint density at radius 3 is 2.75 bits per heavy atom. The third kappa shape index (κ3) is 2.46. The van der Waals surface area contributed by atoms with Gasteiger partial charge in [-0.25, -0.2) is 14.4 Å². The number of aromatic nitrogens is 2. The van der Waals surface area contributed by atoms with Crippen molar-refractivity contribution < 1.29 is 9.13 Å². The van der Waals surface area contributed by atoms with Crippen molar-refractivity contribution in [3.63, 3.8) is 0 Å². The number of ether oxygens (including phenoxy) is 1. The number of anilines is 1. The fourth-order valence-electron chi connectivity index (χ4n) is 1.07. The molecule has 0 aliphatic carbocycles. The molecule has 0 saturated carbocycles. The van der Waals surface area contributed by atoms with Crippen molar-refractivity contribution in [2.24, 2.45) is 0 Å². The molecule has 0 aliphatic heterocycles. The van der Waals surface area contributed by atoms with E-state index in [0.29, 0.717) is 21.9 Å². The van der Waals surface area contributed by atoms with Crippen molar-refractivity contribution in [2.75, 3.05) is 5.73 Å². The highest BCUT2D eigenvalue weighted by Crippen LogP contribution is 2.25. The number of halogens is 2. The second kappa shape index (κ2) is 4.44. The lowest BCUT2D eigenvalue weighted by Gasteiger charge is -2.05. The number of hydrogen-bond donors (Lipinski definition) is 1. The molecule has 0 spiro atoms. The fraction of sp³-hybridized carbons (Fsp3) is 0. The predicted molar refractivity (Wildman–Crippen MR) is 60.6 cm³/mol. The van der Waals surface area contributed by atoms with Crippen LogP contribution >= 0.6 is 15.9 Å². The molecule has 2 rings (SSSR count). The van der Waals surface area contributed by atoms with Gasteiger partial charge in [-0.3, -0.25) is 0 Å². The van der Waals surface area contributed by atoms with Crippen LogP contribution in [0.1, 0.15) is 0 Å². The number of nitrogens with two attached hydrogens (primary N) is 1. The lowest BCUT2D eigenvalue weighted by Crippen LogP contribution is -1.94. The van der Waals surface area contributed by atoms with Crippen LogP contribution in [-0.2, 0) is 0 Å². The molecule has 6 heteroatoms. The molecule has 16 heavy (non-hydrogen) atoms. The second-order valence-corrected chi connectivity index (χ2v) is 3.81. The average molecular weight is 284 g/mol. The van der Waals surface area contributed by atoms with E-state index in [1.165, 1.54) is 30.6 Å². The van der Waals surface area contributed by atoms with Crippen LogP contribution in [0.15, 0.2) is 35.1 Å². The van der Waals surface area contributed by atoms with Gasteiger partial charge in [0.05, 0.1) is 4.47 Å². The normalized spacial score (nSPS) is 10.1. The minimum absolute atomic E-state index is 0.311. The van der Waals surface area contributed by atoms with Crippen LogP contribution in [0.3, 0.4) is 0 Å². The minimum Gasteiger partial charge on any atom is -0.439 e. The van der Waals surface area contributed by atoms with E-state index >= 15 is 0 Å². The summed E-state index contributed by atoms with van der Waals surface area (Å²) in [6, 6.07) is 5.78. The monoisotopic (exact) mass is 283 g/mol. The minimum atomic E-state index is -0.352. The maximum absolute atomic E-state index is 13.0. The van der Waals surface area contributed by atoms with Crippen molar-refractivity contribution in [2.45, 2.75) is 0 Å². The van der Waals surface area contributed by atoms with Crippen LogP contribution in [-0.4, -0.2) is 9.97 Å². The van der Waals surface area contributed by atoms with E-state index in [-0.39, 0.29) is 5.82 Å². The third-order valence-corrected chi connectivity index (χ3v) is 2.38. The van der Waals surface area contributed by atoms with E-state index in [1.807, 2.05) is 0 Å². The third-order valence-electron chi connectivity index (χ3n) is 1.78. The smallest absolute Gasteiger partial charge is 0.224 e. The molecule has 1 aromatic heterocycles. The maximum atomic E-state index is 13.0. The molecule has 0 saturated heterocycles. The van der Waals surface area contributed by atoms with Gasteiger partial charge in [-0.05, 0) is 34.1 Å². The summed E-state index contributed by atoms with van der Waals surface area (Å²) in [7, 11) is 0. The van der Waals surface area contributed by atoms with Crippen LogP contribution in [0.25, 0.3) is 0 Å². The lowest BCUT2D eigenvalue weighted by atomic mass is 10.3. The summed E-state index contributed by atoms with van der Waals surface area (Å²) in [4.78, 5) is 7.60. The zero-order valence-corrected chi connectivity index (χ0v) is 9.61.